The van der Waals surface area contributed by atoms with Gasteiger partial charge in [0.2, 0.25) is 0 Å². The number of anilines is 1. The molecule has 1 N–H and O–H groups in total. The van der Waals surface area contributed by atoms with Crippen LogP contribution in [0.4, 0.5) is 14.5 Å². The lowest BCUT2D eigenvalue weighted by Gasteiger charge is -2.11. The maximum Gasteiger partial charge on any atom is 0.264 e. The number of nitrogens with one attached hydrogen (secondary N) is 1. The number of hydrogen-bond acceptors (Lipinski definition) is 3. The molecular formula is C13H10ClF2NO3S. The third-order valence-electron chi connectivity index (χ3n) is 2.60. The van der Waals surface area contributed by atoms with Crippen molar-refractivity contribution in [1.29, 1.82) is 0 Å². The maximum absolute atomic E-state index is 13.6. The van der Waals surface area contributed by atoms with E-state index < -0.39 is 26.6 Å². The van der Waals surface area contributed by atoms with Crippen molar-refractivity contribution in [2.24, 2.45) is 0 Å². The first-order chi connectivity index (χ1) is 9.83. The van der Waals surface area contributed by atoms with Gasteiger partial charge in [0, 0.05) is 6.07 Å². The molecule has 0 atom stereocenters. The van der Waals surface area contributed by atoms with Crippen LogP contribution in [0.5, 0.6) is 5.75 Å². The second-order valence-electron chi connectivity index (χ2n) is 4.03. The van der Waals surface area contributed by atoms with Gasteiger partial charge < -0.3 is 4.74 Å². The first kappa shape index (κ1) is 15.5. The lowest BCUT2D eigenvalue weighted by Crippen LogP contribution is -2.15. The van der Waals surface area contributed by atoms with E-state index in [4.69, 9.17) is 16.3 Å². The summed E-state index contributed by atoms with van der Waals surface area (Å²) in [6, 6.07) is 6.43. The van der Waals surface area contributed by atoms with Crippen molar-refractivity contribution in [2.75, 3.05) is 11.8 Å². The fourth-order valence-electron chi connectivity index (χ4n) is 1.59. The Labute approximate surface area is 125 Å². The summed E-state index contributed by atoms with van der Waals surface area (Å²) >= 11 is 5.87. The monoisotopic (exact) mass is 333 g/mol. The Balaban J connectivity index is 2.44. The summed E-state index contributed by atoms with van der Waals surface area (Å²) in [5.74, 6) is -1.58. The zero-order valence-corrected chi connectivity index (χ0v) is 12.3. The minimum absolute atomic E-state index is 0.000298. The van der Waals surface area contributed by atoms with Gasteiger partial charge in [0.25, 0.3) is 10.0 Å². The molecule has 0 radical (unpaired) electrons. The van der Waals surface area contributed by atoms with Crippen LogP contribution < -0.4 is 9.46 Å². The first-order valence-electron chi connectivity index (χ1n) is 5.65. The fraction of sp³-hybridized carbons (Fsp3) is 0.0769. The van der Waals surface area contributed by atoms with Crippen LogP contribution in [0.2, 0.25) is 5.02 Å². The molecule has 0 aliphatic rings. The lowest BCUT2D eigenvalue weighted by atomic mass is 10.3. The zero-order chi connectivity index (χ0) is 15.6. The third kappa shape index (κ3) is 3.43. The number of benzene rings is 2. The summed E-state index contributed by atoms with van der Waals surface area (Å²) in [6.45, 7) is 0. The number of hydrogen-bond donors (Lipinski definition) is 1. The van der Waals surface area contributed by atoms with Crippen LogP contribution in [0.15, 0.2) is 41.3 Å². The molecule has 21 heavy (non-hydrogen) atoms. The molecule has 0 aliphatic heterocycles. The van der Waals surface area contributed by atoms with E-state index in [1.165, 1.54) is 25.3 Å². The van der Waals surface area contributed by atoms with Crippen LogP contribution in [0.3, 0.4) is 0 Å². The van der Waals surface area contributed by atoms with Crippen LogP contribution in [-0.2, 0) is 10.0 Å². The molecule has 0 spiro atoms. The second-order valence-corrected chi connectivity index (χ2v) is 6.08. The van der Waals surface area contributed by atoms with Crippen molar-refractivity contribution >= 4 is 27.3 Å². The Bertz CT molecular complexity index is 781. The summed E-state index contributed by atoms with van der Waals surface area (Å²) < 4.78 is 57.9. The molecule has 2 rings (SSSR count). The summed E-state index contributed by atoms with van der Waals surface area (Å²) in [6.07, 6.45) is 0. The fourth-order valence-corrected chi connectivity index (χ4v) is 2.97. The molecule has 2 aromatic carbocycles. The second kappa shape index (κ2) is 5.87. The molecule has 0 aromatic heterocycles. The normalized spacial score (nSPS) is 11.2. The molecule has 0 aliphatic carbocycles. The van der Waals surface area contributed by atoms with Crippen molar-refractivity contribution in [3.63, 3.8) is 0 Å². The van der Waals surface area contributed by atoms with Gasteiger partial charge in [0.1, 0.15) is 22.3 Å². The third-order valence-corrected chi connectivity index (χ3v) is 4.31. The van der Waals surface area contributed by atoms with E-state index in [1.54, 1.807) is 0 Å². The number of methoxy groups -OCH3 is 1. The van der Waals surface area contributed by atoms with Crippen LogP contribution >= 0.6 is 11.6 Å². The summed E-state index contributed by atoms with van der Waals surface area (Å²) in [5, 5.41) is 0.0937. The van der Waals surface area contributed by atoms with Gasteiger partial charge in [-0.05, 0) is 30.3 Å². The molecule has 0 fully saturated rings. The molecule has 0 bridgehead atoms. The molecule has 2 aromatic rings. The Kier molecular flexibility index (Phi) is 4.34. The Hall–Kier alpha value is -1.86. The molecule has 0 amide bonds. The van der Waals surface area contributed by atoms with Crippen LogP contribution in [-0.4, -0.2) is 15.5 Å². The van der Waals surface area contributed by atoms with Gasteiger partial charge in [-0.25, -0.2) is 17.2 Å². The number of sulfonamides is 1. The molecule has 0 saturated heterocycles. The minimum atomic E-state index is -4.32. The molecule has 112 valence electrons. The SMILES string of the molecule is COc1ccc(Cl)c(NS(=O)(=O)c2cc(F)ccc2F)c1. The van der Waals surface area contributed by atoms with Crippen molar-refractivity contribution in [3.05, 3.63) is 53.1 Å². The van der Waals surface area contributed by atoms with Crippen LogP contribution in [0.25, 0.3) is 0 Å². The molecule has 8 heteroatoms. The number of ether oxygens (including phenoxy) is 1. The largest absolute Gasteiger partial charge is 0.497 e. The zero-order valence-electron chi connectivity index (χ0n) is 10.7. The Morgan fingerprint density at radius 3 is 2.52 bits per heavy atom. The molecular weight excluding hydrogens is 324 g/mol. The summed E-state index contributed by atoms with van der Waals surface area (Å²) in [4.78, 5) is -0.804. The van der Waals surface area contributed by atoms with Gasteiger partial charge in [-0.3, -0.25) is 4.72 Å². The van der Waals surface area contributed by atoms with Crippen molar-refractivity contribution in [2.45, 2.75) is 4.90 Å². The van der Waals surface area contributed by atoms with E-state index in [-0.39, 0.29) is 10.7 Å². The van der Waals surface area contributed by atoms with Gasteiger partial charge in [-0.15, -0.1) is 0 Å². The van der Waals surface area contributed by atoms with Gasteiger partial charge in [0.15, 0.2) is 0 Å². The minimum Gasteiger partial charge on any atom is -0.497 e. The van der Waals surface area contributed by atoms with E-state index in [0.717, 1.165) is 12.1 Å². The van der Waals surface area contributed by atoms with Gasteiger partial charge in [0.05, 0.1) is 17.8 Å². The summed E-state index contributed by atoms with van der Waals surface area (Å²) in [7, 11) is -2.92. The van der Waals surface area contributed by atoms with Crippen molar-refractivity contribution in [3.8, 4) is 5.75 Å². The highest BCUT2D eigenvalue weighted by Gasteiger charge is 2.21. The molecule has 0 unspecified atom stereocenters. The quantitative estimate of drug-likeness (QED) is 0.932. The van der Waals surface area contributed by atoms with Crippen molar-refractivity contribution < 1.29 is 21.9 Å². The topological polar surface area (TPSA) is 55.4 Å². The van der Waals surface area contributed by atoms with E-state index >= 15 is 0 Å². The van der Waals surface area contributed by atoms with E-state index in [0.29, 0.717) is 11.8 Å². The Morgan fingerprint density at radius 1 is 1.14 bits per heavy atom. The highest BCUT2D eigenvalue weighted by Crippen LogP contribution is 2.29. The average molecular weight is 334 g/mol. The number of rotatable bonds is 4. The average Bonchev–Trinajstić information content (AvgIpc) is 2.43. The number of halogens is 3. The molecule has 0 saturated carbocycles. The first-order valence-corrected chi connectivity index (χ1v) is 7.51. The molecule has 4 nitrogen and oxygen atoms in total. The van der Waals surface area contributed by atoms with Gasteiger partial charge in [-0.2, -0.15) is 0 Å². The highest BCUT2D eigenvalue weighted by molar-refractivity contribution is 7.92. The predicted octanol–water partition coefficient (Wildman–Crippen LogP) is 3.43. The smallest absolute Gasteiger partial charge is 0.264 e. The summed E-state index contributed by atoms with van der Waals surface area (Å²) in [5.41, 5.74) is -0.000298. The van der Waals surface area contributed by atoms with E-state index in [9.17, 15) is 17.2 Å². The van der Waals surface area contributed by atoms with Gasteiger partial charge >= 0.3 is 0 Å². The Morgan fingerprint density at radius 2 is 1.86 bits per heavy atom. The maximum atomic E-state index is 13.6. The van der Waals surface area contributed by atoms with E-state index in [1.807, 2.05) is 0 Å². The van der Waals surface area contributed by atoms with Gasteiger partial charge in [-0.1, -0.05) is 11.6 Å². The predicted molar refractivity (Wildman–Crippen MR) is 75.2 cm³/mol. The van der Waals surface area contributed by atoms with Crippen LogP contribution in [0, 0.1) is 11.6 Å². The lowest BCUT2D eigenvalue weighted by molar-refractivity contribution is 0.415. The standard InChI is InChI=1S/C13H10ClF2NO3S/c1-20-9-3-4-10(14)12(7-9)17-21(18,19)13-6-8(15)2-5-11(13)16/h2-7,17H,1H3. The van der Waals surface area contributed by atoms with E-state index in [2.05, 4.69) is 4.72 Å². The van der Waals surface area contributed by atoms with Crippen LogP contribution in [0.1, 0.15) is 0 Å². The highest BCUT2D eigenvalue weighted by atomic mass is 35.5. The van der Waals surface area contributed by atoms with Crippen molar-refractivity contribution in [1.82, 2.24) is 0 Å². The molecule has 0 heterocycles.